The summed E-state index contributed by atoms with van der Waals surface area (Å²) >= 11 is 1.87. The van der Waals surface area contributed by atoms with E-state index >= 15 is 0 Å². The van der Waals surface area contributed by atoms with Crippen molar-refractivity contribution >= 4 is 16.5 Å². The van der Waals surface area contributed by atoms with E-state index in [1.54, 1.807) is 0 Å². The van der Waals surface area contributed by atoms with Gasteiger partial charge in [-0.1, -0.05) is 20.8 Å². The van der Waals surface area contributed by atoms with Crippen LogP contribution in [0.4, 0.5) is 5.13 Å². The number of aromatic nitrogens is 1. The van der Waals surface area contributed by atoms with Crippen molar-refractivity contribution in [3.05, 3.63) is 10.6 Å². The van der Waals surface area contributed by atoms with Crippen molar-refractivity contribution in [3.63, 3.8) is 0 Å². The van der Waals surface area contributed by atoms with Crippen LogP contribution in [0, 0.1) is 0 Å². The molecule has 0 amide bonds. The number of hydrogen-bond acceptors (Lipinski definition) is 4. The summed E-state index contributed by atoms with van der Waals surface area (Å²) in [4.78, 5) is 8.76. The molecule has 1 aliphatic rings. The fourth-order valence-electron chi connectivity index (χ4n) is 2.09. The van der Waals surface area contributed by atoms with Crippen molar-refractivity contribution < 1.29 is 0 Å². The first-order valence-corrected chi connectivity index (χ1v) is 8.63. The molecule has 0 aromatic carbocycles. The van der Waals surface area contributed by atoms with Crippen LogP contribution in [0.3, 0.4) is 0 Å². The summed E-state index contributed by atoms with van der Waals surface area (Å²) in [6.45, 7) is 12.2. The Labute approximate surface area is 127 Å². The molecular weight excluding hydrogens is 266 g/mol. The third kappa shape index (κ3) is 3.53. The van der Waals surface area contributed by atoms with Gasteiger partial charge in [0.15, 0.2) is 5.13 Å². The van der Waals surface area contributed by atoms with Crippen LogP contribution in [-0.4, -0.2) is 23.6 Å². The molecule has 1 aromatic rings. The summed E-state index contributed by atoms with van der Waals surface area (Å²) in [7, 11) is 2.18. The van der Waals surface area contributed by atoms with Crippen LogP contribution in [0.1, 0.15) is 70.4 Å². The summed E-state index contributed by atoms with van der Waals surface area (Å²) < 4.78 is 0. The Morgan fingerprint density at radius 1 is 1.40 bits per heavy atom. The van der Waals surface area contributed by atoms with E-state index in [9.17, 15) is 0 Å². The van der Waals surface area contributed by atoms with Gasteiger partial charge < -0.3 is 10.2 Å². The molecule has 3 nitrogen and oxygen atoms in total. The smallest absolute Gasteiger partial charge is 0.186 e. The molecular formula is C16H29N3S. The Bertz CT molecular complexity index is 447. The first-order valence-electron chi connectivity index (χ1n) is 7.82. The minimum absolute atomic E-state index is 0.168. The second-order valence-electron chi connectivity index (χ2n) is 6.84. The molecule has 1 N–H and O–H groups in total. The lowest BCUT2D eigenvalue weighted by molar-refractivity contribution is 0.470. The Morgan fingerprint density at radius 2 is 2.05 bits per heavy atom. The maximum absolute atomic E-state index is 4.97. The Hall–Kier alpha value is -0.610. The molecule has 2 rings (SSSR count). The standard InChI is InChI=1S/C16H29N3S/c1-7-16(4,5)19(6)15-18-14(12-8-9-12)13(20-15)10-17-11(2)3/h11-12,17H,7-10H2,1-6H3. The van der Waals surface area contributed by atoms with Crippen LogP contribution in [-0.2, 0) is 6.54 Å². The molecule has 114 valence electrons. The Morgan fingerprint density at radius 3 is 2.55 bits per heavy atom. The lowest BCUT2D eigenvalue weighted by Crippen LogP contribution is -2.40. The van der Waals surface area contributed by atoms with Gasteiger partial charge in [0.05, 0.1) is 5.69 Å². The average Bonchev–Trinajstić information content (AvgIpc) is 3.15. The molecule has 20 heavy (non-hydrogen) atoms. The van der Waals surface area contributed by atoms with Crippen LogP contribution < -0.4 is 10.2 Å². The van der Waals surface area contributed by atoms with Crippen molar-refractivity contribution in [2.24, 2.45) is 0 Å². The predicted octanol–water partition coefficient (Wildman–Crippen LogP) is 4.14. The maximum atomic E-state index is 4.97. The average molecular weight is 295 g/mol. The lowest BCUT2D eigenvalue weighted by atomic mass is 10.0. The number of nitrogens with zero attached hydrogens (tertiary/aromatic N) is 2. The van der Waals surface area contributed by atoms with Gasteiger partial charge in [0, 0.05) is 36.0 Å². The van der Waals surface area contributed by atoms with Crippen molar-refractivity contribution in [1.82, 2.24) is 10.3 Å². The molecule has 1 saturated carbocycles. The van der Waals surface area contributed by atoms with Gasteiger partial charge in [0.25, 0.3) is 0 Å². The van der Waals surface area contributed by atoms with E-state index < -0.39 is 0 Å². The molecule has 1 heterocycles. The number of anilines is 1. The molecule has 0 radical (unpaired) electrons. The van der Waals surface area contributed by atoms with Gasteiger partial charge in [-0.2, -0.15) is 0 Å². The highest BCUT2D eigenvalue weighted by atomic mass is 32.1. The summed E-state index contributed by atoms with van der Waals surface area (Å²) in [6.07, 6.45) is 3.76. The van der Waals surface area contributed by atoms with Crippen LogP contribution in [0.5, 0.6) is 0 Å². The van der Waals surface area contributed by atoms with E-state index in [4.69, 9.17) is 4.98 Å². The van der Waals surface area contributed by atoms with Crippen LogP contribution in [0.25, 0.3) is 0 Å². The summed E-state index contributed by atoms with van der Waals surface area (Å²) in [5.74, 6) is 0.724. The van der Waals surface area contributed by atoms with E-state index in [1.807, 2.05) is 11.3 Å². The topological polar surface area (TPSA) is 28.2 Å². The third-order valence-corrected chi connectivity index (χ3v) is 5.56. The largest absolute Gasteiger partial charge is 0.346 e. The van der Waals surface area contributed by atoms with Crippen molar-refractivity contribution in [2.45, 2.75) is 77.9 Å². The maximum Gasteiger partial charge on any atom is 0.186 e. The molecule has 0 aliphatic heterocycles. The molecule has 4 heteroatoms. The Kier molecular flexibility index (Phi) is 4.75. The van der Waals surface area contributed by atoms with Gasteiger partial charge in [-0.05, 0) is 33.1 Å². The van der Waals surface area contributed by atoms with E-state index in [0.717, 1.165) is 18.9 Å². The SMILES string of the molecule is CCC(C)(C)N(C)c1nc(C2CC2)c(CNC(C)C)s1. The van der Waals surface area contributed by atoms with Gasteiger partial charge in [-0.3, -0.25) is 0 Å². The van der Waals surface area contributed by atoms with Gasteiger partial charge in [-0.15, -0.1) is 11.3 Å². The monoisotopic (exact) mass is 295 g/mol. The van der Waals surface area contributed by atoms with Gasteiger partial charge in [0.2, 0.25) is 0 Å². The molecule has 1 fully saturated rings. The second kappa shape index (κ2) is 6.02. The first kappa shape index (κ1) is 15.8. The molecule has 1 aliphatic carbocycles. The van der Waals surface area contributed by atoms with Gasteiger partial charge in [-0.25, -0.2) is 4.98 Å². The van der Waals surface area contributed by atoms with Crippen LogP contribution >= 0.6 is 11.3 Å². The zero-order chi connectivity index (χ0) is 14.9. The highest BCUT2D eigenvalue weighted by Gasteiger charge is 2.32. The quantitative estimate of drug-likeness (QED) is 0.819. The fraction of sp³-hybridized carbons (Fsp3) is 0.812. The highest BCUT2D eigenvalue weighted by Crippen LogP contribution is 2.44. The van der Waals surface area contributed by atoms with Crippen molar-refractivity contribution in [3.8, 4) is 0 Å². The van der Waals surface area contributed by atoms with E-state index in [2.05, 4.69) is 51.9 Å². The van der Waals surface area contributed by atoms with Crippen LogP contribution in [0.2, 0.25) is 0 Å². The second-order valence-corrected chi connectivity index (χ2v) is 7.90. The van der Waals surface area contributed by atoms with Crippen molar-refractivity contribution in [1.29, 1.82) is 0 Å². The molecule has 0 spiro atoms. The van der Waals surface area contributed by atoms with Gasteiger partial charge in [0.1, 0.15) is 0 Å². The van der Waals surface area contributed by atoms with E-state index in [-0.39, 0.29) is 5.54 Å². The molecule has 0 unspecified atom stereocenters. The normalized spacial score (nSPS) is 15.9. The number of thiazole rings is 1. The van der Waals surface area contributed by atoms with E-state index in [1.165, 1.54) is 28.5 Å². The fourth-order valence-corrected chi connectivity index (χ4v) is 3.31. The zero-order valence-corrected chi connectivity index (χ0v) is 14.6. The minimum atomic E-state index is 0.168. The minimum Gasteiger partial charge on any atom is -0.346 e. The van der Waals surface area contributed by atoms with Crippen LogP contribution in [0.15, 0.2) is 0 Å². The lowest BCUT2D eigenvalue weighted by Gasteiger charge is -2.34. The van der Waals surface area contributed by atoms with Crippen molar-refractivity contribution in [2.75, 3.05) is 11.9 Å². The number of hydrogen-bond donors (Lipinski definition) is 1. The predicted molar refractivity (Wildman–Crippen MR) is 88.8 cm³/mol. The summed E-state index contributed by atoms with van der Waals surface area (Å²) in [6, 6.07) is 0.525. The molecule has 0 atom stereocenters. The zero-order valence-electron chi connectivity index (χ0n) is 13.8. The molecule has 1 aromatic heterocycles. The third-order valence-electron chi connectivity index (χ3n) is 4.41. The highest BCUT2D eigenvalue weighted by molar-refractivity contribution is 7.15. The Balaban J connectivity index is 2.20. The summed E-state index contributed by atoms with van der Waals surface area (Å²) in [5.41, 5.74) is 1.53. The number of nitrogens with one attached hydrogen (secondary N) is 1. The van der Waals surface area contributed by atoms with Gasteiger partial charge >= 0.3 is 0 Å². The first-order chi connectivity index (χ1) is 9.35. The summed E-state index contributed by atoms with van der Waals surface area (Å²) in [5, 5.41) is 4.72. The number of rotatable bonds is 7. The van der Waals surface area contributed by atoms with E-state index in [0.29, 0.717) is 6.04 Å². The molecule has 0 saturated heterocycles. The molecule has 0 bridgehead atoms.